The Balaban J connectivity index is 2.71. The number of nitrogens with two attached hydrogens (primary N) is 2. The zero-order valence-electron chi connectivity index (χ0n) is 8.56. The van der Waals surface area contributed by atoms with Gasteiger partial charge in [0.15, 0.2) is 0 Å². The Labute approximate surface area is 92.5 Å². The number of carbonyl (C=O) groups excluding carboxylic acids is 1. The molecule has 2 amide bonds. The summed E-state index contributed by atoms with van der Waals surface area (Å²) in [5.41, 5.74) is 11.7. The molecule has 0 aliphatic heterocycles. The second-order valence-electron chi connectivity index (χ2n) is 3.14. The van der Waals surface area contributed by atoms with Crippen molar-refractivity contribution in [3.8, 4) is 0 Å². The molecule has 0 fully saturated rings. The molecule has 84 valence electrons. The van der Waals surface area contributed by atoms with Gasteiger partial charge in [-0.05, 0) is 29.5 Å². The van der Waals surface area contributed by atoms with Gasteiger partial charge in [0.25, 0.3) is 0 Å². The predicted molar refractivity (Wildman–Crippen MR) is 60.4 cm³/mol. The largest absolute Gasteiger partial charge is 0.404 e. The monoisotopic (exact) mass is 221 g/mol. The lowest BCUT2D eigenvalue weighted by molar-refractivity contribution is 0.257. The normalized spacial score (nSPS) is 11.9. The summed E-state index contributed by atoms with van der Waals surface area (Å²) in [6.07, 6.45) is 3.09. The maximum atomic E-state index is 12.6. The van der Waals surface area contributed by atoms with Crippen molar-refractivity contribution >= 4 is 12.2 Å². The van der Waals surface area contributed by atoms with Gasteiger partial charge in [-0.25, -0.2) is 14.2 Å². The van der Waals surface area contributed by atoms with E-state index in [1.165, 1.54) is 24.5 Å². The molecule has 0 unspecified atom stereocenters. The van der Waals surface area contributed by atoms with Gasteiger partial charge in [-0.2, -0.15) is 0 Å². The summed E-state index contributed by atoms with van der Waals surface area (Å²) < 4.78 is 12.6. The van der Waals surface area contributed by atoms with Gasteiger partial charge in [-0.3, -0.25) is 0 Å². The first-order valence-electron chi connectivity index (χ1n) is 4.60. The zero-order chi connectivity index (χ0) is 12.0. The summed E-state index contributed by atoms with van der Waals surface area (Å²) in [4.78, 5) is 13.8. The van der Waals surface area contributed by atoms with E-state index in [4.69, 9.17) is 11.5 Å². The number of nitrogens with zero attached hydrogens (tertiary/aromatic N) is 1. The van der Waals surface area contributed by atoms with Crippen LogP contribution in [0.15, 0.2) is 41.0 Å². The molecule has 0 heterocycles. The number of urea groups is 1. The molecule has 1 aromatic carbocycles. The van der Waals surface area contributed by atoms with Gasteiger partial charge in [0, 0.05) is 12.6 Å². The number of carbonyl (C=O) groups is 1. The maximum Gasteiger partial charge on any atom is 0.338 e. The second kappa shape index (κ2) is 5.65. The van der Waals surface area contributed by atoms with Crippen LogP contribution in [0.4, 0.5) is 9.18 Å². The fraction of sp³-hybridized carbons (Fsp3) is 0.0909. The molecule has 5 heteroatoms. The first-order valence-corrected chi connectivity index (χ1v) is 4.60. The Hall–Kier alpha value is -2.17. The van der Waals surface area contributed by atoms with E-state index >= 15 is 0 Å². The van der Waals surface area contributed by atoms with Crippen LogP contribution in [-0.2, 0) is 6.42 Å². The van der Waals surface area contributed by atoms with Crippen LogP contribution in [0.1, 0.15) is 5.56 Å². The zero-order valence-corrected chi connectivity index (χ0v) is 8.56. The van der Waals surface area contributed by atoms with Crippen LogP contribution in [0, 0.1) is 5.82 Å². The standard InChI is InChI=1S/C11H12FN3O/c12-10-3-1-8(2-4-10)5-9(6-13)7-15-11(14)16/h1-4,6-7H,5,13H2,(H2,14,16)/b9-6-,15-7+. The molecular weight excluding hydrogens is 209 g/mol. The Morgan fingerprint density at radius 2 is 2.00 bits per heavy atom. The Bertz CT molecular complexity index is 423. The van der Waals surface area contributed by atoms with E-state index in [1.807, 2.05) is 0 Å². The lowest BCUT2D eigenvalue weighted by atomic mass is 10.1. The fourth-order valence-corrected chi connectivity index (χ4v) is 1.13. The average molecular weight is 221 g/mol. The molecule has 4 N–H and O–H groups in total. The van der Waals surface area contributed by atoms with Crippen LogP contribution in [0.25, 0.3) is 0 Å². The molecular formula is C11H12FN3O. The number of hydrogen-bond donors (Lipinski definition) is 2. The molecule has 1 rings (SSSR count). The first-order chi connectivity index (χ1) is 7.61. The first kappa shape index (κ1) is 11.9. The van der Waals surface area contributed by atoms with Crippen molar-refractivity contribution in [1.82, 2.24) is 0 Å². The molecule has 1 aromatic rings. The van der Waals surface area contributed by atoms with E-state index in [9.17, 15) is 9.18 Å². The van der Waals surface area contributed by atoms with Crippen molar-refractivity contribution in [2.45, 2.75) is 6.42 Å². The summed E-state index contributed by atoms with van der Waals surface area (Å²) >= 11 is 0. The van der Waals surface area contributed by atoms with Gasteiger partial charge < -0.3 is 11.5 Å². The molecule has 0 saturated heterocycles. The van der Waals surface area contributed by atoms with Gasteiger partial charge in [0.2, 0.25) is 0 Å². The summed E-state index contributed by atoms with van der Waals surface area (Å²) in [5, 5.41) is 0. The Kier molecular flexibility index (Phi) is 4.20. The molecule has 0 aliphatic carbocycles. The number of primary amides is 1. The van der Waals surface area contributed by atoms with Crippen LogP contribution in [0.3, 0.4) is 0 Å². The minimum absolute atomic E-state index is 0.298. The molecule has 16 heavy (non-hydrogen) atoms. The third kappa shape index (κ3) is 3.91. The number of allylic oxidation sites excluding steroid dienone is 1. The molecule has 0 spiro atoms. The molecule has 0 atom stereocenters. The van der Waals surface area contributed by atoms with Gasteiger partial charge in [0.1, 0.15) is 5.82 Å². The summed E-state index contributed by atoms with van der Waals surface area (Å²) in [7, 11) is 0. The van der Waals surface area contributed by atoms with E-state index in [0.717, 1.165) is 5.56 Å². The quantitative estimate of drug-likeness (QED) is 0.755. The Morgan fingerprint density at radius 1 is 1.38 bits per heavy atom. The van der Waals surface area contributed by atoms with Crippen LogP contribution in [-0.4, -0.2) is 12.2 Å². The number of benzene rings is 1. The number of hydrogen-bond acceptors (Lipinski definition) is 2. The van der Waals surface area contributed by atoms with E-state index < -0.39 is 6.03 Å². The van der Waals surface area contributed by atoms with E-state index in [1.54, 1.807) is 12.1 Å². The van der Waals surface area contributed by atoms with E-state index in [0.29, 0.717) is 12.0 Å². The molecule has 0 radical (unpaired) electrons. The summed E-state index contributed by atoms with van der Waals surface area (Å²) in [6.45, 7) is 0. The van der Waals surface area contributed by atoms with Gasteiger partial charge >= 0.3 is 6.03 Å². The molecule has 0 aromatic heterocycles. The van der Waals surface area contributed by atoms with Crippen LogP contribution >= 0.6 is 0 Å². The number of rotatable bonds is 3. The van der Waals surface area contributed by atoms with Crippen molar-refractivity contribution in [3.63, 3.8) is 0 Å². The molecule has 0 saturated carbocycles. The third-order valence-electron chi connectivity index (χ3n) is 1.89. The van der Waals surface area contributed by atoms with Crippen molar-refractivity contribution in [2.24, 2.45) is 16.5 Å². The SMILES string of the molecule is N/C=C(\C=N\C(N)=O)Cc1ccc(F)cc1. The summed E-state index contributed by atoms with van der Waals surface area (Å²) in [6, 6.07) is 5.20. The van der Waals surface area contributed by atoms with Crippen LogP contribution < -0.4 is 11.5 Å². The number of aliphatic imine (C=N–C) groups is 1. The van der Waals surface area contributed by atoms with Crippen LogP contribution in [0.2, 0.25) is 0 Å². The highest BCUT2D eigenvalue weighted by atomic mass is 19.1. The van der Waals surface area contributed by atoms with Gasteiger partial charge in [0.05, 0.1) is 0 Å². The molecule has 0 aliphatic rings. The van der Waals surface area contributed by atoms with Crippen molar-refractivity contribution < 1.29 is 9.18 Å². The average Bonchev–Trinajstić information content (AvgIpc) is 2.26. The highest BCUT2D eigenvalue weighted by molar-refractivity contribution is 5.90. The predicted octanol–water partition coefficient (Wildman–Crippen LogP) is 1.36. The molecule has 0 bridgehead atoms. The highest BCUT2D eigenvalue weighted by Gasteiger charge is 1.98. The van der Waals surface area contributed by atoms with Crippen molar-refractivity contribution in [1.29, 1.82) is 0 Å². The number of halogens is 1. The van der Waals surface area contributed by atoms with Crippen molar-refractivity contribution in [2.75, 3.05) is 0 Å². The van der Waals surface area contributed by atoms with Gasteiger partial charge in [-0.15, -0.1) is 0 Å². The lowest BCUT2D eigenvalue weighted by Crippen LogP contribution is -2.05. The Morgan fingerprint density at radius 3 is 2.50 bits per heavy atom. The smallest absolute Gasteiger partial charge is 0.338 e. The minimum atomic E-state index is -0.779. The van der Waals surface area contributed by atoms with E-state index in [2.05, 4.69) is 4.99 Å². The van der Waals surface area contributed by atoms with Gasteiger partial charge in [-0.1, -0.05) is 12.1 Å². The van der Waals surface area contributed by atoms with Crippen LogP contribution in [0.5, 0.6) is 0 Å². The van der Waals surface area contributed by atoms with E-state index in [-0.39, 0.29) is 5.82 Å². The topological polar surface area (TPSA) is 81.5 Å². The fourth-order valence-electron chi connectivity index (χ4n) is 1.13. The maximum absolute atomic E-state index is 12.6. The number of amides is 2. The summed E-state index contributed by atoms with van der Waals surface area (Å²) in [5.74, 6) is -0.298. The second-order valence-corrected chi connectivity index (χ2v) is 3.14. The lowest BCUT2D eigenvalue weighted by Gasteiger charge is -2.01. The highest BCUT2D eigenvalue weighted by Crippen LogP contribution is 2.07. The van der Waals surface area contributed by atoms with Crippen molar-refractivity contribution in [3.05, 3.63) is 47.4 Å². The third-order valence-corrected chi connectivity index (χ3v) is 1.89. The molecule has 4 nitrogen and oxygen atoms in total. The minimum Gasteiger partial charge on any atom is -0.404 e.